The first-order valence-corrected chi connectivity index (χ1v) is 11.5. The molecule has 1 aliphatic carbocycles. The number of allylic oxidation sites excluding steroid dienone is 2. The Hall–Kier alpha value is -3.07. The molecule has 1 fully saturated rings. The maximum atomic E-state index is 13.4. The summed E-state index contributed by atoms with van der Waals surface area (Å²) in [6.07, 6.45) is 5.01. The summed E-state index contributed by atoms with van der Waals surface area (Å²) in [4.78, 5) is 37.8. The van der Waals surface area contributed by atoms with Crippen LogP contribution in [0.2, 0.25) is 0 Å². The topological polar surface area (TPSA) is 132 Å². The van der Waals surface area contributed by atoms with Crippen LogP contribution in [-0.2, 0) is 11.3 Å². The lowest BCUT2D eigenvalue weighted by atomic mass is 9.82. The van der Waals surface area contributed by atoms with E-state index in [1.165, 1.54) is 9.25 Å². The van der Waals surface area contributed by atoms with Crippen LogP contribution >= 0.6 is 0 Å². The van der Waals surface area contributed by atoms with Crippen LogP contribution < -0.4 is 17.1 Å². The number of hydrogen-bond donors (Lipinski definition) is 3. The van der Waals surface area contributed by atoms with Crippen molar-refractivity contribution in [2.75, 3.05) is 7.11 Å². The molecule has 1 saturated carbocycles. The maximum absolute atomic E-state index is 13.4. The van der Waals surface area contributed by atoms with Gasteiger partial charge >= 0.3 is 17.3 Å². The van der Waals surface area contributed by atoms with Crippen LogP contribution in [0, 0.1) is 11.8 Å². The summed E-state index contributed by atoms with van der Waals surface area (Å²) in [7, 11) is 1.00. The summed E-state index contributed by atoms with van der Waals surface area (Å²) in [6.45, 7) is 2.35. The third kappa shape index (κ3) is 5.13. The fourth-order valence-corrected chi connectivity index (χ4v) is 5.05. The average Bonchev–Trinajstić information content (AvgIpc) is 3.05. The van der Waals surface area contributed by atoms with E-state index in [4.69, 9.17) is 10.8 Å². The minimum Gasteiger partial charge on any atom is -0.481 e. The lowest BCUT2D eigenvalue weighted by Gasteiger charge is -2.32. The van der Waals surface area contributed by atoms with E-state index in [0.717, 1.165) is 44.8 Å². The number of aliphatic hydroxyl groups excluding tert-OH is 1. The quantitative estimate of drug-likeness (QED) is 0.646. The van der Waals surface area contributed by atoms with Gasteiger partial charge in [-0.25, -0.2) is 23.5 Å². The Morgan fingerprint density at radius 1 is 1.03 bits per heavy atom. The van der Waals surface area contributed by atoms with Crippen LogP contribution in [0.3, 0.4) is 0 Å². The molecule has 180 valence electrons. The Morgan fingerprint density at radius 2 is 1.70 bits per heavy atom. The molecule has 1 aromatic carbocycles. The van der Waals surface area contributed by atoms with E-state index in [1.807, 2.05) is 6.07 Å². The van der Waals surface area contributed by atoms with Gasteiger partial charge in [0.05, 0.1) is 18.3 Å². The molecule has 1 aliphatic heterocycles. The Bertz CT molecular complexity index is 1110. The normalized spacial score (nSPS) is 23.1. The maximum Gasteiger partial charge on any atom is 0.352 e. The Balaban J connectivity index is 0.00000149. The molecule has 2 aliphatic rings. The van der Waals surface area contributed by atoms with Gasteiger partial charge in [0.15, 0.2) is 0 Å². The van der Waals surface area contributed by atoms with E-state index in [1.54, 1.807) is 28.9 Å². The molecule has 4 N–H and O–H groups in total. The summed E-state index contributed by atoms with van der Waals surface area (Å²) >= 11 is 0. The number of nitrogens with zero attached hydrogens (tertiary/aromatic N) is 3. The van der Waals surface area contributed by atoms with Gasteiger partial charge in [-0.15, -0.1) is 0 Å². The van der Waals surface area contributed by atoms with Crippen LogP contribution in [-0.4, -0.2) is 37.2 Å². The van der Waals surface area contributed by atoms with Crippen molar-refractivity contribution in [3.8, 4) is 5.69 Å². The van der Waals surface area contributed by atoms with Crippen molar-refractivity contribution >= 4 is 5.97 Å². The van der Waals surface area contributed by atoms with Crippen molar-refractivity contribution in [2.24, 2.45) is 17.6 Å². The summed E-state index contributed by atoms with van der Waals surface area (Å²) in [5.41, 5.74) is 7.86. The molecule has 4 rings (SSSR count). The number of nitrogens with two attached hydrogens (primary N) is 1. The Kier molecular flexibility index (Phi) is 7.97. The van der Waals surface area contributed by atoms with Crippen LogP contribution in [0.1, 0.15) is 57.9 Å². The predicted octanol–water partition coefficient (Wildman–Crippen LogP) is 2.26. The summed E-state index contributed by atoms with van der Waals surface area (Å²) in [5, 5.41) is 16.3. The van der Waals surface area contributed by atoms with Crippen molar-refractivity contribution in [3.63, 3.8) is 0 Å². The number of hydrogen-bond acceptors (Lipinski definition) is 5. The molecule has 3 unspecified atom stereocenters. The second-order valence-electron chi connectivity index (χ2n) is 8.97. The van der Waals surface area contributed by atoms with Gasteiger partial charge in [0, 0.05) is 19.2 Å². The highest BCUT2D eigenvalue weighted by Crippen LogP contribution is 2.36. The van der Waals surface area contributed by atoms with Gasteiger partial charge in [-0.05, 0) is 61.6 Å². The zero-order valence-corrected chi connectivity index (χ0v) is 19.3. The van der Waals surface area contributed by atoms with Crippen LogP contribution in [0.5, 0.6) is 0 Å². The number of carbonyl (C=O) groups is 1. The van der Waals surface area contributed by atoms with Crippen LogP contribution in [0.15, 0.2) is 51.2 Å². The van der Waals surface area contributed by atoms with Gasteiger partial charge in [-0.1, -0.05) is 31.5 Å². The average molecular weight is 459 g/mol. The summed E-state index contributed by atoms with van der Waals surface area (Å²) < 4.78 is 4.26. The van der Waals surface area contributed by atoms with Crippen molar-refractivity contribution < 1.29 is 15.0 Å². The van der Waals surface area contributed by atoms with Gasteiger partial charge in [0.25, 0.3) is 0 Å². The lowest BCUT2D eigenvalue weighted by molar-refractivity contribution is -0.138. The SMILES string of the molecule is CC1CCC(CC(=O)O)CCC2=C(N)Cn3c(=O)n(-c4ccccc4)c(=O)n3C2CC1.CO. The minimum atomic E-state index is -0.776. The van der Waals surface area contributed by atoms with Gasteiger partial charge in [0.2, 0.25) is 0 Å². The van der Waals surface area contributed by atoms with E-state index in [0.29, 0.717) is 23.7 Å². The van der Waals surface area contributed by atoms with Crippen LogP contribution in [0.4, 0.5) is 0 Å². The van der Waals surface area contributed by atoms with Gasteiger partial charge in [-0.2, -0.15) is 0 Å². The molecule has 33 heavy (non-hydrogen) atoms. The highest BCUT2D eigenvalue weighted by molar-refractivity contribution is 5.67. The molecule has 0 amide bonds. The second-order valence-corrected chi connectivity index (χ2v) is 8.97. The molecular formula is C24H34N4O5. The van der Waals surface area contributed by atoms with Crippen molar-refractivity contribution in [3.05, 3.63) is 62.6 Å². The molecule has 9 nitrogen and oxygen atoms in total. The molecule has 0 bridgehead atoms. The summed E-state index contributed by atoms with van der Waals surface area (Å²) in [6, 6.07) is 8.67. The van der Waals surface area contributed by atoms with E-state index >= 15 is 0 Å². The zero-order chi connectivity index (χ0) is 24.1. The van der Waals surface area contributed by atoms with Crippen LogP contribution in [0.25, 0.3) is 5.69 Å². The summed E-state index contributed by atoms with van der Waals surface area (Å²) in [5.74, 6) is -0.276. The number of fused-ring (bicyclic) bond motifs is 3. The minimum absolute atomic E-state index is 0.0914. The van der Waals surface area contributed by atoms with E-state index in [2.05, 4.69) is 6.92 Å². The highest BCUT2D eigenvalue weighted by atomic mass is 16.4. The van der Waals surface area contributed by atoms with Crippen molar-refractivity contribution in [1.29, 1.82) is 0 Å². The molecular weight excluding hydrogens is 424 g/mol. The third-order valence-corrected chi connectivity index (χ3v) is 6.79. The fraction of sp³-hybridized carbons (Fsp3) is 0.542. The first-order chi connectivity index (χ1) is 15.9. The molecule has 2 heterocycles. The number of carboxylic acid groups (broad SMARTS) is 1. The van der Waals surface area contributed by atoms with Crippen molar-refractivity contribution in [1.82, 2.24) is 13.9 Å². The Morgan fingerprint density at radius 3 is 2.36 bits per heavy atom. The smallest absolute Gasteiger partial charge is 0.352 e. The molecule has 1 aromatic heterocycles. The number of benzene rings is 1. The molecule has 9 heteroatoms. The zero-order valence-electron chi connectivity index (χ0n) is 19.3. The number of para-hydroxylation sites is 1. The second kappa shape index (κ2) is 10.7. The van der Waals surface area contributed by atoms with Crippen molar-refractivity contribution in [2.45, 2.75) is 64.5 Å². The number of aliphatic carboxylic acids is 1. The van der Waals surface area contributed by atoms with E-state index < -0.39 is 5.97 Å². The third-order valence-electron chi connectivity index (χ3n) is 6.79. The van der Waals surface area contributed by atoms with Gasteiger partial charge in [-0.3, -0.25) is 4.79 Å². The highest BCUT2D eigenvalue weighted by Gasteiger charge is 2.33. The molecule has 0 spiro atoms. The van der Waals surface area contributed by atoms with E-state index in [-0.39, 0.29) is 36.3 Å². The molecule has 0 radical (unpaired) electrons. The predicted molar refractivity (Wildman–Crippen MR) is 125 cm³/mol. The standard InChI is InChI=1S/C23H30N4O4.CH4O/c1-15-7-9-16(13-21(28)29)10-11-18-19(24)14-25-22(30)26(17-5-3-2-4-6-17)23(31)27(25)20(18)12-8-15;1-2/h2-6,15-16,20H,7-14,24H2,1H3,(H,28,29);2H,1H3. The fourth-order valence-electron chi connectivity index (χ4n) is 5.05. The number of aliphatic hydroxyl groups is 1. The van der Waals surface area contributed by atoms with E-state index in [9.17, 15) is 19.5 Å². The number of aromatic nitrogens is 3. The van der Waals surface area contributed by atoms with Gasteiger partial charge < -0.3 is 15.9 Å². The first kappa shape index (κ1) is 24.6. The largest absolute Gasteiger partial charge is 0.481 e. The molecule has 0 saturated heterocycles. The molecule has 3 atom stereocenters. The van der Waals surface area contributed by atoms with Gasteiger partial charge in [0.1, 0.15) is 0 Å². The monoisotopic (exact) mass is 458 g/mol. The number of carboxylic acids is 1. The lowest BCUT2D eigenvalue weighted by Crippen LogP contribution is -2.38. The molecule has 2 aromatic rings. The first-order valence-electron chi connectivity index (χ1n) is 11.5. The number of rotatable bonds is 3. The Labute approximate surface area is 192 Å².